The van der Waals surface area contributed by atoms with Gasteiger partial charge in [0, 0.05) is 18.2 Å². The lowest BCUT2D eigenvalue weighted by Gasteiger charge is -2.30. The Hall–Kier alpha value is -2.35. The molecule has 0 unspecified atom stereocenters. The monoisotopic (exact) mass is 400 g/mol. The zero-order valence-electron chi connectivity index (χ0n) is 15.9. The largest absolute Gasteiger partial charge is 0.492 e. The Morgan fingerprint density at radius 2 is 2.04 bits per heavy atom. The molecule has 4 rings (SSSR count). The molecule has 7 nitrogen and oxygen atoms in total. The number of fused-ring (bicyclic) bond motifs is 1. The molecule has 1 aliphatic rings. The van der Waals surface area contributed by atoms with Crippen molar-refractivity contribution in [1.29, 1.82) is 0 Å². The molecule has 0 spiro atoms. The van der Waals surface area contributed by atoms with E-state index in [1.54, 1.807) is 6.20 Å². The van der Waals surface area contributed by atoms with Gasteiger partial charge in [0.15, 0.2) is 5.65 Å². The van der Waals surface area contributed by atoms with Crippen LogP contribution in [0, 0.1) is 0 Å². The number of benzene rings is 1. The Morgan fingerprint density at radius 3 is 2.75 bits per heavy atom. The second kappa shape index (κ2) is 8.34. The highest BCUT2D eigenvalue weighted by molar-refractivity contribution is 6.34. The molecule has 8 heteroatoms. The number of rotatable bonds is 6. The molecule has 0 aliphatic carbocycles. The highest BCUT2D eigenvalue weighted by atomic mass is 35.5. The minimum atomic E-state index is 0.394. The van der Waals surface area contributed by atoms with E-state index in [4.69, 9.17) is 22.1 Å². The van der Waals surface area contributed by atoms with Crippen LogP contribution >= 0.6 is 11.6 Å². The first-order valence-corrected chi connectivity index (χ1v) is 9.94. The Labute approximate surface area is 169 Å². The summed E-state index contributed by atoms with van der Waals surface area (Å²) in [7, 11) is 2.15. The van der Waals surface area contributed by atoms with Gasteiger partial charge in [0.2, 0.25) is 0 Å². The highest BCUT2D eigenvalue weighted by Crippen LogP contribution is 2.32. The van der Waals surface area contributed by atoms with Crippen molar-refractivity contribution in [3.05, 3.63) is 35.5 Å². The van der Waals surface area contributed by atoms with Gasteiger partial charge in [-0.3, -0.25) is 0 Å². The predicted octanol–water partition coefficient (Wildman–Crippen LogP) is 3.12. The number of likely N-dealkylation sites (tertiary alicyclic amines) is 1. The number of H-pyrrole nitrogens is 1. The molecule has 0 amide bonds. The zero-order valence-corrected chi connectivity index (χ0v) is 16.7. The summed E-state index contributed by atoms with van der Waals surface area (Å²) in [6.07, 6.45) is 3.83. The predicted molar refractivity (Wildman–Crippen MR) is 113 cm³/mol. The summed E-state index contributed by atoms with van der Waals surface area (Å²) in [5.41, 5.74) is 8.80. The number of aromatic amines is 1. The third kappa shape index (κ3) is 4.06. The fraction of sp³-hybridized carbons (Fsp3) is 0.400. The summed E-state index contributed by atoms with van der Waals surface area (Å²) in [5, 5.41) is 4.21. The van der Waals surface area contributed by atoms with Gasteiger partial charge < -0.3 is 25.7 Å². The summed E-state index contributed by atoms with van der Waals surface area (Å²) in [6.45, 7) is 3.15. The maximum Gasteiger partial charge on any atom is 0.180 e. The van der Waals surface area contributed by atoms with Crippen molar-refractivity contribution in [2.45, 2.75) is 18.9 Å². The number of anilines is 1. The van der Waals surface area contributed by atoms with Crippen molar-refractivity contribution in [3.63, 3.8) is 0 Å². The number of aromatic nitrogens is 3. The molecule has 2 aromatic heterocycles. The third-order valence-electron chi connectivity index (χ3n) is 5.06. The SMILES string of the molecule is CN1CCC(Nc2c(Cl)cnc3nc(-c4ccc(OCCN)cc4)[nH]c23)CC1. The zero-order chi connectivity index (χ0) is 19.5. The van der Waals surface area contributed by atoms with E-state index < -0.39 is 0 Å². The summed E-state index contributed by atoms with van der Waals surface area (Å²) in [4.78, 5) is 14.8. The van der Waals surface area contributed by atoms with Gasteiger partial charge >= 0.3 is 0 Å². The molecule has 0 bridgehead atoms. The number of piperidine rings is 1. The van der Waals surface area contributed by atoms with Crippen molar-refractivity contribution < 1.29 is 4.74 Å². The van der Waals surface area contributed by atoms with E-state index in [0.29, 0.717) is 29.9 Å². The van der Waals surface area contributed by atoms with Gasteiger partial charge in [-0.05, 0) is 57.2 Å². The van der Waals surface area contributed by atoms with E-state index in [1.807, 2.05) is 24.3 Å². The van der Waals surface area contributed by atoms with Crippen LogP contribution in [0.15, 0.2) is 30.5 Å². The molecule has 0 atom stereocenters. The molecule has 0 radical (unpaired) electrons. The highest BCUT2D eigenvalue weighted by Gasteiger charge is 2.20. The number of nitrogens with two attached hydrogens (primary N) is 1. The number of hydrogen-bond donors (Lipinski definition) is 3. The van der Waals surface area contributed by atoms with Crippen LogP contribution in [-0.4, -0.2) is 59.2 Å². The van der Waals surface area contributed by atoms with E-state index >= 15 is 0 Å². The molecule has 3 aromatic rings. The second-order valence-corrected chi connectivity index (χ2v) is 7.56. The Kier molecular flexibility index (Phi) is 5.66. The van der Waals surface area contributed by atoms with Gasteiger partial charge in [-0.1, -0.05) is 11.6 Å². The molecule has 4 N–H and O–H groups in total. The van der Waals surface area contributed by atoms with Crippen molar-refractivity contribution >= 4 is 28.5 Å². The maximum atomic E-state index is 6.47. The van der Waals surface area contributed by atoms with Crippen molar-refractivity contribution in [1.82, 2.24) is 19.9 Å². The van der Waals surface area contributed by atoms with Gasteiger partial charge in [-0.15, -0.1) is 0 Å². The van der Waals surface area contributed by atoms with Crippen LogP contribution in [0.5, 0.6) is 5.75 Å². The smallest absolute Gasteiger partial charge is 0.180 e. The second-order valence-electron chi connectivity index (χ2n) is 7.15. The van der Waals surface area contributed by atoms with E-state index in [0.717, 1.165) is 54.3 Å². The van der Waals surface area contributed by atoms with Crippen LogP contribution in [0.3, 0.4) is 0 Å². The van der Waals surface area contributed by atoms with E-state index in [9.17, 15) is 0 Å². The average molecular weight is 401 g/mol. The van der Waals surface area contributed by atoms with Crippen LogP contribution in [0.1, 0.15) is 12.8 Å². The molecule has 3 heterocycles. The van der Waals surface area contributed by atoms with E-state index in [-0.39, 0.29) is 0 Å². The van der Waals surface area contributed by atoms with E-state index in [1.165, 1.54) is 0 Å². The number of halogens is 1. The molecule has 28 heavy (non-hydrogen) atoms. The molecule has 1 aliphatic heterocycles. The van der Waals surface area contributed by atoms with Crippen LogP contribution in [0.4, 0.5) is 5.69 Å². The van der Waals surface area contributed by atoms with Gasteiger partial charge in [0.25, 0.3) is 0 Å². The number of hydrogen-bond acceptors (Lipinski definition) is 6. The normalized spacial score (nSPS) is 15.8. The number of ether oxygens (including phenoxy) is 1. The molecule has 1 saturated heterocycles. The van der Waals surface area contributed by atoms with Crippen LogP contribution in [-0.2, 0) is 0 Å². The van der Waals surface area contributed by atoms with Gasteiger partial charge in [0.1, 0.15) is 23.7 Å². The van der Waals surface area contributed by atoms with Gasteiger partial charge in [0.05, 0.1) is 16.9 Å². The fourth-order valence-electron chi connectivity index (χ4n) is 3.45. The summed E-state index contributed by atoms with van der Waals surface area (Å²) < 4.78 is 5.53. The number of nitrogens with one attached hydrogen (secondary N) is 2. The lowest BCUT2D eigenvalue weighted by molar-refractivity contribution is 0.264. The van der Waals surface area contributed by atoms with Gasteiger partial charge in [-0.2, -0.15) is 0 Å². The van der Waals surface area contributed by atoms with Crippen molar-refractivity contribution in [2.75, 3.05) is 38.6 Å². The third-order valence-corrected chi connectivity index (χ3v) is 5.34. The lowest BCUT2D eigenvalue weighted by atomic mass is 10.1. The standard InChI is InChI=1S/C20H25ClN6O/c1-27-9-6-14(7-10-27)24-17-16(21)12-23-20-18(17)25-19(26-20)13-2-4-15(5-3-13)28-11-8-22/h2-5,12,14H,6-11,22H2,1H3,(H2,23,24,25,26). The fourth-order valence-corrected chi connectivity index (χ4v) is 3.65. The van der Waals surface area contributed by atoms with Gasteiger partial charge in [-0.25, -0.2) is 9.97 Å². The molecular weight excluding hydrogens is 376 g/mol. The number of nitrogens with zero attached hydrogens (tertiary/aromatic N) is 3. The number of imidazole rings is 1. The van der Waals surface area contributed by atoms with E-state index in [2.05, 4.69) is 32.2 Å². The topological polar surface area (TPSA) is 92.1 Å². The average Bonchev–Trinajstić information content (AvgIpc) is 3.15. The maximum absolute atomic E-state index is 6.47. The minimum absolute atomic E-state index is 0.394. The molecule has 0 saturated carbocycles. The molecule has 1 fully saturated rings. The Morgan fingerprint density at radius 1 is 1.29 bits per heavy atom. The molecule has 1 aromatic carbocycles. The first-order chi connectivity index (χ1) is 13.6. The molecule has 148 valence electrons. The van der Waals surface area contributed by atoms with Crippen LogP contribution in [0.25, 0.3) is 22.6 Å². The number of pyridine rings is 1. The quantitative estimate of drug-likeness (QED) is 0.588. The van der Waals surface area contributed by atoms with Crippen LogP contribution in [0.2, 0.25) is 5.02 Å². The lowest BCUT2D eigenvalue weighted by Crippen LogP contribution is -2.36. The van der Waals surface area contributed by atoms with Crippen LogP contribution < -0.4 is 15.8 Å². The summed E-state index contributed by atoms with van der Waals surface area (Å²) in [6, 6.07) is 8.15. The Bertz CT molecular complexity index is 934. The Balaban J connectivity index is 1.60. The molecular formula is C20H25ClN6O. The van der Waals surface area contributed by atoms with Crippen molar-refractivity contribution in [2.24, 2.45) is 5.73 Å². The summed E-state index contributed by atoms with van der Waals surface area (Å²) in [5.74, 6) is 1.54. The first kappa shape index (κ1) is 19.0. The minimum Gasteiger partial charge on any atom is -0.492 e. The first-order valence-electron chi connectivity index (χ1n) is 9.56. The summed E-state index contributed by atoms with van der Waals surface area (Å²) >= 11 is 6.47. The van der Waals surface area contributed by atoms with Crippen molar-refractivity contribution in [3.8, 4) is 17.1 Å².